The van der Waals surface area contributed by atoms with Gasteiger partial charge >= 0.3 is 0 Å². The Balaban J connectivity index is 1.48. The van der Waals surface area contributed by atoms with E-state index in [1.807, 2.05) is 6.07 Å². The van der Waals surface area contributed by atoms with Gasteiger partial charge in [-0.15, -0.1) is 0 Å². The zero-order valence-corrected chi connectivity index (χ0v) is 12.9. The summed E-state index contributed by atoms with van der Waals surface area (Å²) in [6.07, 6.45) is 3.82. The van der Waals surface area contributed by atoms with Gasteiger partial charge in [0, 0.05) is 23.5 Å². The SMILES string of the molecule is CN1CCC(NCC2Cc3cc(Br)ccc3O2)CC1. The summed E-state index contributed by atoms with van der Waals surface area (Å²) >= 11 is 3.52. The number of nitrogens with one attached hydrogen (secondary N) is 1. The second kappa shape index (κ2) is 5.81. The third-order valence-corrected chi connectivity index (χ3v) is 4.61. The maximum Gasteiger partial charge on any atom is 0.123 e. The summed E-state index contributed by atoms with van der Waals surface area (Å²) in [6.45, 7) is 3.37. The minimum absolute atomic E-state index is 0.295. The molecular formula is C15H21BrN2O. The fourth-order valence-corrected chi connectivity index (χ4v) is 3.32. The maximum absolute atomic E-state index is 5.98. The molecule has 1 unspecified atom stereocenters. The van der Waals surface area contributed by atoms with Crippen LogP contribution in [0.4, 0.5) is 0 Å². The van der Waals surface area contributed by atoms with Crippen LogP contribution in [0, 0.1) is 0 Å². The molecule has 0 spiro atoms. The van der Waals surface area contributed by atoms with Crippen molar-refractivity contribution in [2.45, 2.75) is 31.4 Å². The molecule has 3 rings (SSSR count). The number of ether oxygens (including phenoxy) is 1. The van der Waals surface area contributed by atoms with E-state index in [1.54, 1.807) is 0 Å². The van der Waals surface area contributed by atoms with Crippen LogP contribution < -0.4 is 10.1 Å². The Morgan fingerprint density at radius 3 is 2.95 bits per heavy atom. The quantitative estimate of drug-likeness (QED) is 0.924. The second-order valence-electron chi connectivity index (χ2n) is 5.68. The largest absolute Gasteiger partial charge is 0.488 e. The Labute approximate surface area is 123 Å². The number of rotatable bonds is 3. The van der Waals surface area contributed by atoms with Crippen LogP contribution in [0.5, 0.6) is 5.75 Å². The first-order valence-electron chi connectivity index (χ1n) is 7.08. The van der Waals surface area contributed by atoms with E-state index in [0.717, 1.165) is 23.2 Å². The van der Waals surface area contributed by atoms with E-state index in [9.17, 15) is 0 Å². The van der Waals surface area contributed by atoms with E-state index in [0.29, 0.717) is 12.1 Å². The van der Waals surface area contributed by atoms with Crippen LogP contribution in [0.2, 0.25) is 0 Å². The number of nitrogens with zero attached hydrogens (tertiary/aromatic N) is 1. The van der Waals surface area contributed by atoms with Crippen LogP contribution in [-0.4, -0.2) is 43.7 Å². The summed E-state index contributed by atoms with van der Waals surface area (Å²) < 4.78 is 7.12. The number of piperidine rings is 1. The summed E-state index contributed by atoms with van der Waals surface area (Å²) in [6, 6.07) is 6.95. The van der Waals surface area contributed by atoms with Gasteiger partial charge in [-0.2, -0.15) is 0 Å². The van der Waals surface area contributed by atoms with E-state index >= 15 is 0 Å². The van der Waals surface area contributed by atoms with Crippen molar-refractivity contribution in [2.24, 2.45) is 0 Å². The zero-order valence-electron chi connectivity index (χ0n) is 11.4. The Morgan fingerprint density at radius 2 is 2.16 bits per heavy atom. The molecule has 2 aliphatic rings. The van der Waals surface area contributed by atoms with E-state index in [2.05, 4.69) is 45.3 Å². The molecule has 1 aromatic carbocycles. The maximum atomic E-state index is 5.98. The van der Waals surface area contributed by atoms with Crippen molar-refractivity contribution in [1.82, 2.24) is 10.2 Å². The summed E-state index contributed by atoms with van der Waals surface area (Å²) in [5.74, 6) is 1.05. The Kier molecular flexibility index (Phi) is 4.10. The first-order valence-corrected chi connectivity index (χ1v) is 7.87. The Morgan fingerprint density at radius 1 is 1.37 bits per heavy atom. The number of benzene rings is 1. The van der Waals surface area contributed by atoms with Crippen molar-refractivity contribution in [3.63, 3.8) is 0 Å². The lowest BCUT2D eigenvalue weighted by Crippen LogP contribution is -2.44. The van der Waals surface area contributed by atoms with Crippen LogP contribution in [-0.2, 0) is 6.42 Å². The summed E-state index contributed by atoms with van der Waals surface area (Å²) in [5.41, 5.74) is 1.32. The molecule has 0 amide bonds. The van der Waals surface area contributed by atoms with E-state index in [-0.39, 0.29) is 0 Å². The highest BCUT2D eigenvalue weighted by Crippen LogP contribution is 2.31. The first kappa shape index (κ1) is 13.4. The molecule has 2 aliphatic heterocycles. The fourth-order valence-electron chi connectivity index (χ4n) is 2.91. The van der Waals surface area contributed by atoms with Crippen molar-refractivity contribution in [3.05, 3.63) is 28.2 Å². The molecule has 1 fully saturated rings. The molecular weight excluding hydrogens is 304 g/mol. The van der Waals surface area contributed by atoms with Gasteiger partial charge in [0.2, 0.25) is 0 Å². The van der Waals surface area contributed by atoms with Crippen molar-refractivity contribution in [2.75, 3.05) is 26.7 Å². The third-order valence-electron chi connectivity index (χ3n) is 4.12. The lowest BCUT2D eigenvalue weighted by Gasteiger charge is -2.30. The minimum atomic E-state index is 0.295. The van der Waals surface area contributed by atoms with Crippen molar-refractivity contribution in [1.29, 1.82) is 0 Å². The lowest BCUT2D eigenvalue weighted by atomic mass is 10.0. The van der Waals surface area contributed by atoms with Gasteiger partial charge in [0.1, 0.15) is 11.9 Å². The van der Waals surface area contributed by atoms with Gasteiger partial charge in [-0.25, -0.2) is 0 Å². The van der Waals surface area contributed by atoms with E-state index < -0.39 is 0 Å². The number of halogens is 1. The molecule has 0 saturated carbocycles. The second-order valence-corrected chi connectivity index (χ2v) is 6.60. The standard InChI is InChI=1S/C15H21BrN2O/c1-18-6-4-13(5-7-18)17-10-14-9-11-8-12(16)2-3-15(11)19-14/h2-3,8,13-14,17H,4-7,9-10H2,1H3. The molecule has 0 aliphatic carbocycles. The average Bonchev–Trinajstić information content (AvgIpc) is 2.80. The minimum Gasteiger partial charge on any atom is -0.488 e. The number of hydrogen-bond acceptors (Lipinski definition) is 3. The van der Waals surface area contributed by atoms with Gasteiger partial charge in [-0.1, -0.05) is 15.9 Å². The zero-order chi connectivity index (χ0) is 13.2. The molecule has 4 heteroatoms. The van der Waals surface area contributed by atoms with Crippen LogP contribution in [0.15, 0.2) is 22.7 Å². The van der Waals surface area contributed by atoms with Gasteiger partial charge in [0.15, 0.2) is 0 Å². The number of hydrogen-bond donors (Lipinski definition) is 1. The summed E-state index contributed by atoms with van der Waals surface area (Å²) in [4.78, 5) is 2.40. The molecule has 0 aromatic heterocycles. The van der Waals surface area contributed by atoms with Crippen molar-refractivity contribution >= 4 is 15.9 Å². The van der Waals surface area contributed by atoms with Crippen molar-refractivity contribution < 1.29 is 4.74 Å². The van der Waals surface area contributed by atoms with Crippen LogP contribution in [0.3, 0.4) is 0 Å². The summed E-state index contributed by atoms with van der Waals surface area (Å²) in [7, 11) is 2.20. The van der Waals surface area contributed by atoms with Gasteiger partial charge in [-0.05, 0) is 56.7 Å². The van der Waals surface area contributed by atoms with E-state index in [4.69, 9.17) is 4.74 Å². The molecule has 3 nitrogen and oxygen atoms in total. The molecule has 1 N–H and O–H groups in total. The topological polar surface area (TPSA) is 24.5 Å². The molecule has 19 heavy (non-hydrogen) atoms. The van der Waals surface area contributed by atoms with Gasteiger partial charge in [-0.3, -0.25) is 0 Å². The fraction of sp³-hybridized carbons (Fsp3) is 0.600. The average molecular weight is 325 g/mol. The number of fused-ring (bicyclic) bond motifs is 1. The third kappa shape index (κ3) is 3.30. The molecule has 0 radical (unpaired) electrons. The molecule has 0 bridgehead atoms. The Hall–Kier alpha value is -0.580. The lowest BCUT2D eigenvalue weighted by molar-refractivity contribution is 0.194. The van der Waals surface area contributed by atoms with Crippen LogP contribution in [0.1, 0.15) is 18.4 Å². The highest BCUT2D eigenvalue weighted by Gasteiger charge is 2.24. The smallest absolute Gasteiger partial charge is 0.123 e. The molecule has 1 saturated heterocycles. The predicted molar refractivity (Wildman–Crippen MR) is 80.8 cm³/mol. The van der Waals surface area contributed by atoms with Gasteiger partial charge < -0.3 is 15.0 Å². The van der Waals surface area contributed by atoms with Gasteiger partial charge in [0.05, 0.1) is 0 Å². The van der Waals surface area contributed by atoms with Crippen LogP contribution in [0.25, 0.3) is 0 Å². The molecule has 1 aromatic rings. The van der Waals surface area contributed by atoms with Crippen LogP contribution >= 0.6 is 15.9 Å². The molecule has 1 atom stereocenters. The normalized spacial score (nSPS) is 24.2. The first-order chi connectivity index (χ1) is 9.20. The van der Waals surface area contributed by atoms with Gasteiger partial charge in [0.25, 0.3) is 0 Å². The number of likely N-dealkylation sites (tertiary alicyclic amines) is 1. The van der Waals surface area contributed by atoms with E-state index in [1.165, 1.54) is 31.5 Å². The molecule has 2 heterocycles. The predicted octanol–water partition coefficient (Wildman–Crippen LogP) is 2.44. The monoisotopic (exact) mass is 324 g/mol. The highest BCUT2D eigenvalue weighted by atomic mass is 79.9. The highest BCUT2D eigenvalue weighted by molar-refractivity contribution is 9.10. The molecule has 104 valence electrons. The Bertz CT molecular complexity index is 444. The van der Waals surface area contributed by atoms with Crippen molar-refractivity contribution in [3.8, 4) is 5.75 Å². The summed E-state index contributed by atoms with van der Waals surface area (Å²) in [5, 5.41) is 3.67.